The maximum absolute atomic E-state index is 12.7. The Kier molecular flexibility index (Phi) is 5.67. The summed E-state index contributed by atoms with van der Waals surface area (Å²) in [6.45, 7) is 4.29. The molecule has 3 aromatic rings. The summed E-state index contributed by atoms with van der Waals surface area (Å²) < 4.78 is 0. The van der Waals surface area contributed by atoms with Crippen molar-refractivity contribution in [2.75, 3.05) is 10.3 Å². The van der Waals surface area contributed by atoms with Crippen molar-refractivity contribution in [1.29, 1.82) is 0 Å². The topological polar surface area (TPSA) is 87.6 Å². The van der Waals surface area contributed by atoms with Crippen molar-refractivity contribution in [3.05, 3.63) is 60.2 Å². The average Bonchev–Trinajstić information content (AvgIpc) is 3.23. The van der Waals surface area contributed by atoms with Crippen LogP contribution in [0.3, 0.4) is 0 Å². The molecule has 0 saturated carbocycles. The van der Waals surface area contributed by atoms with Crippen LogP contribution in [0.4, 0.5) is 10.8 Å². The van der Waals surface area contributed by atoms with Crippen LogP contribution in [0.2, 0.25) is 0 Å². The number of hydrazone groups is 1. The number of amides is 2. The van der Waals surface area contributed by atoms with Crippen LogP contribution >= 0.6 is 11.3 Å². The van der Waals surface area contributed by atoms with E-state index in [2.05, 4.69) is 46.6 Å². The minimum atomic E-state index is -0.374. The van der Waals surface area contributed by atoms with Crippen molar-refractivity contribution in [3.8, 4) is 10.6 Å². The van der Waals surface area contributed by atoms with E-state index in [1.165, 1.54) is 21.9 Å². The van der Waals surface area contributed by atoms with Gasteiger partial charge >= 0.3 is 0 Å². The Morgan fingerprint density at radius 2 is 1.77 bits per heavy atom. The van der Waals surface area contributed by atoms with Gasteiger partial charge in [0.05, 0.1) is 5.69 Å². The Morgan fingerprint density at radius 3 is 2.47 bits per heavy atom. The van der Waals surface area contributed by atoms with E-state index in [-0.39, 0.29) is 30.4 Å². The Hall–Kier alpha value is -3.39. The summed E-state index contributed by atoms with van der Waals surface area (Å²) >= 11 is 1.30. The first kappa shape index (κ1) is 19.9. The minimum absolute atomic E-state index is 0.138. The number of carbonyl (C=O) groups is 2. The van der Waals surface area contributed by atoms with Crippen LogP contribution in [-0.4, -0.2) is 27.7 Å². The first-order valence-corrected chi connectivity index (χ1v) is 10.5. The first-order chi connectivity index (χ1) is 14.5. The number of aromatic nitrogens is 2. The van der Waals surface area contributed by atoms with Gasteiger partial charge in [-0.15, -0.1) is 10.2 Å². The molecule has 2 aromatic carbocycles. The molecule has 1 aliphatic heterocycles. The largest absolute Gasteiger partial charge is 0.295 e. The predicted octanol–water partition coefficient (Wildman–Crippen LogP) is 4.45. The van der Waals surface area contributed by atoms with Gasteiger partial charge in [-0.3, -0.25) is 14.9 Å². The lowest BCUT2D eigenvalue weighted by Gasteiger charge is -2.22. The molecule has 8 heteroatoms. The van der Waals surface area contributed by atoms with E-state index in [0.717, 1.165) is 10.6 Å². The molecule has 1 aromatic heterocycles. The molecular weight excluding hydrogens is 398 g/mol. The van der Waals surface area contributed by atoms with Gasteiger partial charge in [0.15, 0.2) is 0 Å². The number of nitrogens with zero attached hydrogens (tertiary/aromatic N) is 4. The molecule has 2 heterocycles. The van der Waals surface area contributed by atoms with E-state index >= 15 is 0 Å². The van der Waals surface area contributed by atoms with E-state index in [9.17, 15) is 9.59 Å². The molecule has 0 atom stereocenters. The van der Waals surface area contributed by atoms with E-state index < -0.39 is 0 Å². The zero-order chi connectivity index (χ0) is 21.1. The smallest absolute Gasteiger partial charge is 0.273 e. The fraction of sp³-hybridized carbons (Fsp3) is 0.227. The van der Waals surface area contributed by atoms with Gasteiger partial charge in [0.2, 0.25) is 11.0 Å². The van der Waals surface area contributed by atoms with Crippen LogP contribution < -0.4 is 10.3 Å². The van der Waals surface area contributed by atoms with Gasteiger partial charge in [-0.05, 0) is 23.6 Å². The Balaban J connectivity index is 1.48. The van der Waals surface area contributed by atoms with Crippen molar-refractivity contribution in [3.63, 3.8) is 0 Å². The van der Waals surface area contributed by atoms with Gasteiger partial charge < -0.3 is 0 Å². The predicted molar refractivity (Wildman–Crippen MR) is 119 cm³/mol. The Bertz CT molecular complexity index is 1090. The lowest BCUT2D eigenvalue weighted by molar-refractivity contribution is -0.118. The highest BCUT2D eigenvalue weighted by atomic mass is 32.1. The molecule has 4 rings (SSSR count). The lowest BCUT2D eigenvalue weighted by atomic mass is 10.0. The van der Waals surface area contributed by atoms with Gasteiger partial charge in [0, 0.05) is 18.4 Å². The van der Waals surface area contributed by atoms with E-state index in [1.54, 1.807) is 12.1 Å². The number of hydrogen-bond donors (Lipinski definition) is 1. The molecule has 7 nitrogen and oxygen atoms in total. The number of carbonyl (C=O) groups excluding carboxylic acids is 2. The average molecular weight is 420 g/mol. The molecule has 1 aliphatic rings. The molecule has 0 fully saturated rings. The van der Waals surface area contributed by atoms with Crippen molar-refractivity contribution in [2.45, 2.75) is 32.6 Å². The second kappa shape index (κ2) is 8.54. The molecule has 0 radical (unpaired) electrons. The number of anilines is 2. The van der Waals surface area contributed by atoms with Crippen LogP contribution in [0, 0.1) is 0 Å². The molecule has 0 spiro atoms. The van der Waals surface area contributed by atoms with Crippen LogP contribution in [0.15, 0.2) is 59.7 Å². The number of rotatable bonds is 5. The first-order valence-electron chi connectivity index (χ1n) is 9.72. The number of para-hydroxylation sites is 1. The second-order valence-corrected chi connectivity index (χ2v) is 8.21. The van der Waals surface area contributed by atoms with Crippen molar-refractivity contribution in [1.82, 2.24) is 10.2 Å². The fourth-order valence-electron chi connectivity index (χ4n) is 3.06. The maximum atomic E-state index is 12.7. The zero-order valence-electron chi connectivity index (χ0n) is 16.7. The van der Waals surface area contributed by atoms with Crippen LogP contribution in [0.25, 0.3) is 10.6 Å². The van der Waals surface area contributed by atoms with Crippen LogP contribution in [0.5, 0.6) is 0 Å². The number of nitrogens with one attached hydrogen (secondary N) is 1. The van der Waals surface area contributed by atoms with Crippen LogP contribution in [-0.2, 0) is 9.59 Å². The summed E-state index contributed by atoms with van der Waals surface area (Å²) in [6.07, 6.45) is 0.515. The number of hydrogen-bond acceptors (Lipinski definition) is 6. The van der Waals surface area contributed by atoms with E-state index in [4.69, 9.17) is 0 Å². The van der Waals surface area contributed by atoms with Gasteiger partial charge in [-0.25, -0.2) is 5.01 Å². The third-order valence-electron chi connectivity index (χ3n) is 4.77. The summed E-state index contributed by atoms with van der Waals surface area (Å²) in [5.74, 6) is -0.0518. The van der Waals surface area contributed by atoms with Gasteiger partial charge in [0.1, 0.15) is 10.7 Å². The van der Waals surface area contributed by atoms with Gasteiger partial charge in [-0.2, -0.15) is 5.10 Å². The highest BCUT2D eigenvalue weighted by molar-refractivity contribution is 7.18. The molecular formula is C22H21N5O2S. The maximum Gasteiger partial charge on any atom is 0.273 e. The van der Waals surface area contributed by atoms with E-state index in [1.807, 2.05) is 30.3 Å². The highest BCUT2D eigenvalue weighted by Crippen LogP contribution is 2.28. The van der Waals surface area contributed by atoms with Gasteiger partial charge in [0.25, 0.3) is 5.91 Å². The standard InChI is InChI=1S/C22H21N5O2S/c1-14(2)15-8-10-16(11-9-15)21-24-25-22(30-21)23-20(29)18-12-13-19(28)27(26-18)17-6-4-3-5-7-17/h3-11,14H,12-13H2,1-2H3,(H,23,25,29). The molecule has 0 unspecified atom stereocenters. The zero-order valence-corrected chi connectivity index (χ0v) is 17.5. The van der Waals surface area contributed by atoms with E-state index in [0.29, 0.717) is 16.7 Å². The van der Waals surface area contributed by atoms with Crippen molar-refractivity contribution < 1.29 is 9.59 Å². The molecule has 30 heavy (non-hydrogen) atoms. The summed E-state index contributed by atoms with van der Waals surface area (Å²) in [5, 5.41) is 17.7. The normalized spacial score (nSPS) is 14.0. The van der Waals surface area contributed by atoms with Crippen molar-refractivity contribution >= 4 is 39.7 Å². The highest BCUT2D eigenvalue weighted by Gasteiger charge is 2.26. The summed E-state index contributed by atoms with van der Waals surface area (Å²) in [7, 11) is 0. The van der Waals surface area contributed by atoms with Crippen molar-refractivity contribution in [2.24, 2.45) is 5.10 Å². The molecule has 1 N–H and O–H groups in total. The second-order valence-electron chi connectivity index (χ2n) is 7.23. The molecule has 0 bridgehead atoms. The molecule has 0 aliphatic carbocycles. The molecule has 0 saturated heterocycles. The summed E-state index contributed by atoms with van der Waals surface area (Å²) in [6, 6.07) is 17.2. The monoisotopic (exact) mass is 419 g/mol. The van der Waals surface area contributed by atoms with Gasteiger partial charge in [-0.1, -0.05) is 67.6 Å². The minimum Gasteiger partial charge on any atom is -0.295 e. The Labute approximate surface area is 178 Å². The lowest BCUT2D eigenvalue weighted by Crippen LogP contribution is -2.36. The summed E-state index contributed by atoms with van der Waals surface area (Å²) in [4.78, 5) is 24.9. The SMILES string of the molecule is CC(C)c1ccc(-c2nnc(NC(=O)C3=NN(c4ccccc4)C(=O)CC3)s2)cc1. The molecule has 152 valence electrons. The number of benzene rings is 2. The fourth-order valence-corrected chi connectivity index (χ4v) is 3.80. The summed E-state index contributed by atoms with van der Waals surface area (Å²) in [5.41, 5.74) is 3.13. The Morgan fingerprint density at radius 1 is 1.03 bits per heavy atom. The molecule has 2 amide bonds. The quantitative estimate of drug-likeness (QED) is 0.662. The van der Waals surface area contributed by atoms with Crippen LogP contribution in [0.1, 0.15) is 38.2 Å². The third-order valence-corrected chi connectivity index (χ3v) is 5.65. The third kappa shape index (κ3) is 4.28.